The van der Waals surface area contributed by atoms with Crippen LogP contribution in [0, 0.1) is 17.0 Å². The number of anilines is 2. The first-order valence-corrected chi connectivity index (χ1v) is 9.81. The van der Waals surface area contributed by atoms with Crippen LogP contribution in [0.15, 0.2) is 47.0 Å². The van der Waals surface area contributed by atoms with Crippen molar-refractivity contribution < 1.29 is 14.2 Å². The van der Waals surface area contributed by atoms with Gasteiger partial charge in [0.2, 0.25) is 0 Å². The van der Waals surface area contributed by atoms with E-state index >= 15 is 0 Å². The molecule has 156 valence electrons. The van der Waals surface area contributed by atoms with Crippen LogP contribution in [0.4, 0.5) is 17.1 Å². The molecule has 0 saturated heterocycles. The largest absolute Gasteiger partial charge is 0.372 e. The summed E-state index contributed by atoms with van der Waals surface area (Å²) in [7, 11) is 0. The Labute approximate surface area is 178 Å². The molecule has 3 aromatic rings. The lowest BCUT2D eigenvalue weighted by molar-refractivity contribution is -0.384. The molecule has 0 spiro atoms. The van der Waals surface area contributed by atoms with Crippen molar-refractivity contribution in [3.63, 3.8) is 0 Å². The molecule has 0 fully saturated rings. The van der Waals surface area contributed by atoms with Crippen molar-refractivity contribution in [2.45, 2.75) is 20.8 Å². The summed E-state index contributed by atoms with van der Waals surface area (Å²) in [4.78, 5) is 26.0. The van der Waals surface area contributed by atoms with Gasteiger partial charge in [-0.05, 0) is 51.1 Å². The number of nitro groups is 1. The van der Waals surface area contributed by atoms with Crippen LogP contribution in [0.2, 0.25) is 5.02 Å². The van der Waals surface area contributed by atoms with Gasteiger partial charge in [-0.3, -0.25) is 14.9 Å². The van der Waals surface area contributed by atoms with Crippen molar-refractivity contribution in [3.8, 4) is 11.3 Å². The fourth-order valence-electron chi connectivity index (χ4n) is 3.25. The molecule has 2 aromatic carbocycles. The zero-order valence-corrected chi connectivity index (χ0v) is 17.6. The molecule has 0 aliphatic carbocycles. The molecular formula is C21H21ClN4O4. The van der Waals surface area contributed by atoms with Gasteiger partial charge in [0.15, 0.2) is 0 Å². The molecule has 0 saturated carbocycles. The molecular weight excluding hydrogens is 408 g/mol. The van der Waals surface area contributed by atoms with Crippen LogP contribution in [0.3, 0.4) is 0 Å². The fourth-order valence-corrected chi connectivity index (χ4v) is 3.51. The van der Waals surface area contributed by atoms with Gasteiger partial charge in [0.05, 0.1) is 9.95 Å². The summed E-state index contributed by atoms with van der Waals surface area (Å²) in [6, 6.07) is 11.7. The van der Waals surface area contributed by atoms with Crippen molar-refractivity contribution in [2.75, 3.05) is 23.3 Å². The number of nitro benzene ring substituents is 1. The van der Waals surface area contributed by atoms with Crippen LogP contribution in [-0.4, -0.2) is 29.1 Å². The van der Waals surface area contributed by atoms with E-state index in [2.05, 4.69) is 29.2 Å². The van der Waals surface area contributed by atoms with Crippen molar-refractivity contribution in [1.29, 1.82) is 0 Å². The van der Waals surface area contributed by atoms with Gasteiger partial charge in [0.25, 0.3) is 11.6 Å². The van der Waals surface area contributed by atoms with Gasteiger partial charge in [-0.1, -0.05) is 22.8 Å². The zero-order chi connectivity index (χ0) is 21.8. The second-order valence-corrected chi connectivity index (χ2v) is 6.93. The third-order valence-corrected chi connectivity index (χ3v) is 5.08. The van der Waals surface area contributed by atoms with Crippen molar-refractivity contribution in [2.24, 2.45) is 0 Å². The van der Waals surface area contributed by atoms with Gasteiger partial charge < -0.3 is 14.7 Å². The van der Waals surface area contributed by atoms with Crippen LogP contribution >= 0.6 is 11.6 Å². The second kappa shape index (κ2) is 8.96. The maximum Gasteiger partial charge on any atom is 0.280 e. The minimum Gasteiger partial charge on any atom is -0.372 e. The molecule has 0 radical (unpaired) electrons. The lowest BCUT2D eigenvalue weighted by Crippen LogP contribution is -2.21. The molecule has 1 aromatic heterocycles. The predicted octanol–water partition coefficient (Wildman–Crippen LogP) is 5.31. The van der Waals surface area contributed by atoms with Crippen LogP contribution in [-0.2, 0) is 0 Å². The molecule has 1 heterocycles. The van der Waals surface area contributed by atoms with E-state index in [0.29, 0.717) is 5.69 Å². The number of amides is 1. The molecule has 1 N–H and O–H groups in total. The lowest BCUT2D eigenvalue weighted by atomic mass is 10.0. The highest BCUT2D eigenvalue weighted by Gasteiger charge is 2.29. The molecule has 0 aliphatic rings. The summed E-state index contributed by atoms with van der Waals surface area (Å²) >= 11 is 6.21. The Morgan fingerprint density at radius 2 is 1.87 bits per heavy atom. The van der Waals surface area contributed by atoms with Crippen molar-refractivity contribution in [3.05, 3.63) is 68.9 Å². The standard InChI is InChI=1S/C21H21ClN4O4/c1-4-25(5-2)15-11-9-14(10-12-15)23-21(27)18-13(3)30-24-20(18)19-16(22)7-6-8-17(19)26(28)29/h6-12H,4-5H2,1-3H3,(H,23,27). The molecule has 8 nitrogen and oxygen atoms in total. The first-order chi connectivity index (χ1) is 14.4. The van der Waals surface area contributed by atoms with Crippen LogP contribution in [0.5, 0.6) is 0 Å². The Morgan fingerprint density at radius 3 is 2.47 bits per heavy atom. The summed E-state index contributed by atoms with van der Waals surface area (Å²) in [5, 5.41) is 18.2. The third kappa shape index (κ3) is 4.13. The molecule has 0 unspecified atom stereocenters. The number of nitrogens with zero attached hydrogens (tertiary/aromatic N) is 3. The minimum absolute atomic E-state index is 0.0297. The van der Waals surface area contributed by atoms with Gasteiger partial charge in [-0.2, -0.15) is 0 Å². The second-order valence-electron chi connectivity index (χ2n) is 6.53. The van der Waals surface area contributed by atoms with E-state index < -0.39 is 10.8 Å². The average Bonchev–Trinajstić information content (AvgIpc) is 3.11. The number of halogens is 1. The van der Waals surface area contributed by atoms with E-state index in [4.69, 9.17) is 16.1 Å². The van der Waals surface area contributed by atoms with Gasteiger partial charge in [-0.15, -0.1) is 0 Å². The van der Waals surface area contributed by atoms with E-state index in [9.17, 15) is 14.9 Å². The molecule has 3 rings (SSSR count). The highest BCUT2D eigenvalue weighted by atomic mass is 35.5. The van der Waals surface area contributed by atoms with E-state index in [0.717, 1.165) is 18.8 Å². The van der Waals surface area contributed by atoms with E-state index in [1.54, 1.807) is 19.1 Å². The van der Waals surface area contributed by atoms with Crippen LogP contribution in [0.25, 0.3) is 11.3 Å². The monoisotopic (exact) mass is 428 g/mol. The zero-order valence-electron chi connectivity index (χ0n) is 16.8. The highest BCUT2D eigenvalue weighted by molar-refractivity contribution is 6.34. The molecule has 0 aliphatic heterocycles. The number of nitrogens with one attached hydrogen (secondary N) is 1. The summed E-state index contributed by atoms with van der Waals surface area (Å²) in [5.41, 5.74) is 1.54. The fraction of sp³-hybridized carbons (Fsp3) is 0.238. The quantitative estimate of drug-likeness (QED) is 0.404. The first-order valence-electron chi connectivity index (χ1n) is 9.43. The topological polar surface area (TPSA) is 102 Å². The highest BCUT2D eigenvalue weighted by Crippen LogP contribution is 2.38. The number of carbonyl (C=O) groups is 1. The summed E-state index contributed by atoms with van der Waals surface area (Å²) < 4.78 is 5.18. The van der Waals surface area contributed by atoms with E-state index in [1.807, 2.05) is 12.1 Å². The normalized spacial score (nSPS) is 10.7. The summed E-state index contributed by atoms with van der Waals surface area (Å²) in [6.07, 6.45) is 0. The Kier molecular flexibility index (Phi) is 6.37. The predicted molar refractivity (Wildman–Crippen MR) is 116 cm³/mol. The molecule has 30 heavy (non-hydrogen) atoms. The number of hydrogen-bond donors (Lipinski definition) is 1. The molecule has 0 bridgehead atoms. The van der Waals surface area contributed by atoms with Gasteiger partial charge in [-0.25, -0.2) is 0 Å². The summed E-state index contributed by atoms with van der Waals surface area (Å²) in [5.74, 6) is -0.259. The Morgan fingerprint density at radius 1 is 1.20 bits per heavy atom. The lowest BCUT2D eigenvalue weighted by Gasteiger charge is -2.21. The summed E-state index contributed by atoms with van der Waals surface area (Å²) in [6.45, 7) is 7.47. The number of carbonyl (C=O) groups excluding carboxylic acids is 1. The van der Waals surface area contributed by atoms with Crippen molar-refractivity contribution >= 4 is 34.6 Å². The maximum absolute atomic E-state index is 13.0. The Hall–Kier alpha value is -3.39. The first kappa shape index (κ1) is 21.3. The number of hydrogen-bond acceptors (Lipinski definition) is 6. The number of rotatable bonds is 7. The molecule has 1 amide bonds. The van der Waals surface area contributed by atoms with E-state index in [-0.39, 0.29) is 33.3 Å². The van der Waals surface area contributed by atoms with Crippen LogP contribution in [0.1, 0.15) is 30.0 Å². The molecule has 0 atom stereocenters. The van der Waals surface area contributed by atoms with Gasteiger partial charge in [0.1, 0.15) is 22.6 Å². The van der Waals surface area contributed by atoms with E-state index in [1.165, 1.54) is 18.2 Å². The van der Waals surface area contributed by atoms with Crippen molar-refractivity contribution in [1.82, 2.24) is 5.16 Å². The smallest absolute Gasteiger partial charge is 0.280 e. The number of aromatic nitrogens is 1. The maximum atomic E-state index is 13.0. The Bertz CT molecular complexity index is 1080. The van der Waals surface area contributed by atoms with Gasteiger partial charge in [0, 0.05) is 30.5 Å². The minimum atomic E-state index is -0.571. The molecule has 9 heteroatoms. The third-order valence-electron chi connectivity index (χ3n) is 4.77. The van der Waals surface area contributed by atoms with Gasteiger partial charge >= 0.3 is 0 Å². The Balaban J connectivity index is 1.95. The van der Waals surface area contributed by atoms with Crippen LogP contribution < -0.4 is 10.2 Å². The SMILES string of the molecule is CCN(CC)c1ccc(NC(=O)c2c(-c3c(Cl)cccc3[N+](=O)[O-])noc2C)cc1. The number of aryl methyl sites for hydroxylation is 1. The number of benzene rings is 2. The average molecular weight is 429 g/mol.